The van der Waals surface area contributed by atoms with Gasteiger partial charge in [0.05, 0.1) is 0 Å². The van der Waals surface area contributed by atoms with Crippen molar-refractivity contribution in [2.24, 2.45) is 0 Å². The number of nitrogens with one attached hydrogen (secondary N) is 1. The molecular weight excluding hydrogens is 210 g/mol. The minimum atomic E-state index is -0.187. The van der Waals surface area contributed by atoms with Gasteiger partial charge in [-0.2, -0.15) is 0 Å². The third-order valence-corrected chi connectivity index (χ3v) is 2.45. The molecule has 2 amide bonds. The van der Waals surface area contributed by atoms with Gasteiger partial charge >= 0.3 is 0 Å². The lowest BCUT2D eigenvalue weighted by Crippen LogP contribution is -2.34. The van der Waals surface area contributed by atoms with E-state index in [1.54, 1.807) is 17.9 Å². The summed E-state index contributed by atoms with van der Waals surface area (Å²) in [7, 11) is 0. The highest BCUT2D eigenvalue weighted by atomic mass is 16.5. The summed E-state index contributed by atoms with van der Waals surface area (Å²) in [5, 5.41) is 6.38. The molecule has 0 unspecified atom stereocenters. The quantitative estimate of drug-likeness (QED) is 0.724. The molecule has 1 saturated heterocycles. The summed E-state index contributed by atoms with van der Waals surface area (Å²) >= 11 is 0. The maximum absolute atomic E-state index is 11.9. The summed E-state index contributed by atoms with van der Waals surface area (Å²) in [5.74, 6) is 0.396. The van der Waals surface area contributed by atoms with Crippen LogP contribution in [0.15, 0.2) is 10.6 Å². The molecule has 1 aromatic heterocycles. The first-order chi connectivity index (χ1) is 7.66. The second-order valence-corrected chi connectivity index (χ2v) is 3.71. The van der Waals surface area contributed by atoms with Crippen molar-refractivity contribution in [3.8, 4) is 0 Å². The Balaban J connectivity index is 2.06. The van der Waals surface area contributed by atoms with Crippen LogP contribution in [-0.4, -0.2) is 41.5 Å². The first kappa shape index (κ1) is 10.7. The molecule has 0 radical (unpaired) electrons. The number of hydrogen-bond donors (Lipinski definition) is 1. The molecule has 6 heteroatoms. The van der Waals surface area contributed by atoms with Gasteiger partial charge < -0.3 is 14.7 Å². The number of amides is 2. The molecule has 0 aromatic carbocycles. The normalized spacial score (nSPS) is 16.8. The topological polar surface area (TPSA) is 75.4 Å². The Morgan fingerprint density at radius 2 is 2.38 bits per heavy atom. The van der Waals surface area contributed by atoms with Gasteiger partial charge in [-0.05, 0) is 6.92 Å². The maximum Gasteiger partial charge on any atom is 0.276 e. The van der Waals surface area contributed by atoms with Gasteiger partial charge in [0.15, 0.2) is 5.69 Å². The fourth-order valence-electron chi connectivity index (χ4n) is 1.60. The Kier molecular flexibility index (Phi) is 2.89. The zero-order valence-corrected chi connectivity index (χ0v) is 9.02. The number of hydrogen-bond acceptors (Lipinski definition) is 4. The highest BCUT2D eigenvalue weighted by Gasteiger charge is 2.21. The van der Waals surface area contributed by atoms with E-state index in [9.17, 15) is 9.59 Å². The molecule has 1 aliphatic heterocycles. The smallest absolute Gasteiger partial charge is 0.276 e. The molecule has 2 rings (SSSR count). The van der Waals surface area contributed by atoms with E-state index in [1.807, 2.05) is 0 Å². The first-order valence-corrected chi connectivity index (χ1v) is 5.16. The van der Waals surface area contributed by atoms with Crippen LogP contribution in [-0.2, 0) is 4.79 Å². The molecule has 2 heterocycles. The second kappa shape index (κ2) is 4.34. The van der Waals surface area contributed by atoms with Crippen molar-refractivity contribution in [1.82, 2.24) is 15.4 Å². The molecule has 0 bridgehead atoms. The van der Waals surface area contributed by atoms with E-state index < -0.39 is 0 Å². The Morgan fingerprint density at radius 1 is 1.56 bits per heavy atom. The average Bonchev–Trinajstić information content (AvgIpc) is 2.57. The summed E-state index contributed by atoms with van der Waals surface area (Å²) in [4.78, 5) is 24.7. The van der Waals surface area contributed by atoms with Crippen LogP contribution in [0.1, 0.15) is 22.7 Å². The number of rotatable bonds is 1. The standard InChI is InChI=1S/C10H13N3O3/c1-7-6-8(12-16-7)10(15)13-4-2-9(14)11-3-5-13/h6H,2-5H2,1H3,(H,11,14). The van der Waals surface area contributed by atoms with Crippen LogP contribution in [0, 0.1) is 6.92 Å². The highest BCUT2D eigenvalue weighted by Crippen LogP contribution is 2.07. The largest absolute Gasteiger partial charge is 0.361 e. The highest BCUT2D eigenvalue weighted by molar-refractivity contribution is 5.92. The SMILES string of the molecule is Cc1cc(C(=O)N2CCNC(=O)CC2)no1. The van der Waals surface area contributed by atoms with E-state index in [4.69, 9.17) is 4.52 Å². The molecule has 86 valence electrons. The van der Waals surface area contributed by atoms with Crippen LogP contribution in [0.2, 0.25) is 0 Å². The third-order valence-electron chi connectivity index (χ3n) is 2.45. The number of aromatic nitrogens is 1. The fraction of sp³-hybridized carbons (Fsp3) is 0.500. The second-order valence-electron chi connectivity index (χ2n) is 3.71. The summed E-state index contributed by atoms with van der Waals surface area (Å²) in [6.07, 6.45) is 0.336. The molecule has 6 nitrogen and oxygen atoms in total. The van der Waals surface area contributed by atoms with Crippen LogP contribution in [0.5, 0.6) is 0 Å². The summed E-state index contributed by atoms with van der Waals surface area (Å²) in [5.41, 5.74) is 0.298. The fourth-order valence-corrected chi connectivity index (χ4v) is 1.60. The summed E-state index contributed by atoms with van der Waals surface area (Å²) < 4.78 is 4.85. The van der Waals surface area contributed by atoms with Crippen molar-refractivity contribution in [1.29, 1.82) is 0 Å². The van der Waals surface area contributed by atoms with Crippen molar-refractivity contribution < 1.29 is 14.1 Å². The molecule has 0 aliphatic carbocycles. The van der Waals surface area contributed by atoms with Crippen molar-refractivity contribution in [2.75, 3.05) is 19.6 Å². The van der Waals surface area contributed by atoms with Gasteiger partial charge in [0.25, 0.3) is 5.91 Å². The van der Waals surface area contributed by atoms with Crippen LogP contribution in [0.25, 0.3) is 0 Å². The molecule has 1 aliphatic rings. The monoisotopic (exact) mass is 223 g/mol. The van der Waals surface area contributed by atoms with E-state index in [0.29, 0.717) is 37.5 Å². The zero-order valence-electron chi connectivity index (χ0n) is 9.02. The van der Waals surface area contributed by atoms with E-state index in [0.717, 1.165) is 0 Å². The Hall–Kier alpha value is -1.85. The molecule has 0 atom stereocenters. The van der Waals surface area contributed by atoms with Gasteiger partial charge in [0.1, 0.15) is 5.76 Å². The maximum atomic E-state index is 11.9. The average molecular weight is 223 g/mol. The van der Waals surface area contributed by atoms with Crippen molar-refractivity contribution in [2.45, 2.75) is 13.3 Å². The first-order valence-electron chi connectivity index (χ1n) is 5.16. The molecule has 1 N–H and O–H groups in total. The minimum Gasteiger partial charge on any atom is -0.361 e. The van der Waals surface area contributed by atoms with Gasteiger partial charge in [-0.1, -0.05) is 5.16 Å². The number of aryl methyl sites for hydroxylation is 1. The zero-order chi connectivity index (χ0) is 11.5. The van der Waals surface area contributed by atoms with E-state index in [-0.39, 0.29) is 11.8 Å². The lowest BCUT2D eigenvalue weighted by Gasteiger charge is -2.17. The molecule has 0 spiro atoms. The van der Waals surface area contributed by atoms with Gasteiger partial charge in [-0.3, -0.25) is 9.59 Å². The number of carbonyl (C=O) groups is 2. The third kappa shape index (κ3) is 2.21. The van der Waals surface area contributed by atoms with Crippen LogP contribution in [0.4, 0.5) is 0 Å². The Labute approximate surface area is 92.6 Å². The molecule has 16 heavy (non-hydrogen) atoms. The van der Waals surface area contributed by atoms with E-state index >= 15 is 0 Å². The molecular formula is C10H13N3O3. The predicted molar refractivity (Wildman–Crippen MR) is 54.8 cm³/mol. The van der Waals surface area contributed by atoms with Gasteiger partial charge in [0.2, 0.25) is 5.91 Å². The van der Waals surface area contributed by atoms with Crippen molar-refractivity contribution >= 4 is 11.8 Å². The number of nitrogens with zero attached hydrogens (tertiary/aromatic N) is 2. The van der Waals surface area contributed by atoms with Crippen LogP contribution < -0.4 is 5.32 Å². The molecule has 1 fully saturated rings. The lowest BCUT2D eigenvalue weighted by atomic mass is 10.3. The van der Waals surface area contributed by atoms with Crippen molar-refractivity contribution in [3.05, 3.63) is 17.5 Å². The number of carbonyl (C=O) groups excluding carboxylic acids is 2. The van der Waals surface area contributed by atoms with Gasteiger partial charge in [-0.15, -0.1) is 0 Å². The lowest BCUT2D eigenvalue weighted by molar-refractivity contribution is -0.120. The van der Waals surface area contributed by atoms with Crippen molar-refractivity contribution in [3.63, 3.8) is 0 Å². The minimum absolute atomic E-state index is 0.0216. The predicted octanol–water partition coefficient (Wildman–Crippen LogP) is -0.0549. The Morgan fingerprint density at radius 3 is 3.06 bits per heavy atom. The van der Waals surface area contributed by atoms with Crippen LogP contribution >= 0.6 is 0 Å². The molecule has 1 aromatic rings. The van der Waals surface area contributed by atoms with Gasteiger partial charge in [0, 0.05) is 32.1 Å². The summed E-state index contributed by atoms with van der Waals surface area (Å²) in [6, 6.07) is 1.60. The van der Waals surface area contributed by atoms with Crippen LogP contribution in [0.3, 0.4) is 0 Å². The molecule has 0 saturated carbocycles. The van der Waals surface area contributed by atoms with E-state index in [2.05, 4.69) is 10.5 Å². The van der Waals surface area contributed by atoms with E-state index in [1.165, 1.54) is 0 Å². The van der Waals surface area contributed by atoms with Gasteiger partial charge in [-0.25, -0.2) is 0 Å². The Bertz CT molecular complexity index is 413. The summed E-state index contributed by atoms with van der Waals surface area (Å²) in [6.45, 7) is 3.16.